The molecule has 0 bridgehead atoms. The number of esters is 1. The first-order valence-electron chi connectivity index (χ1n) is 9.41. The zero-order valence-electron chi connectivity index (χ0n) is 16.5. The lowest BCUT2D eigenvalue weighted by atomic mass is 9.91. The van der Waals surface area contributed by atoms with Crippen LogP contribution in [-0.2, 0) is 14.3 Å². The summed E-state index contributed by atoms with van der Waals surface area (Å²) in [5.74, 6) is -1.08. The average molecular weight is 405 g/mol. The van der Waals surface area contributed by atoms with Crippen LogP contribution in [0.5, 0.6) is 0 Å². The monoisotopic (exact) mass is 404 g/mol. The Morgan fingerprint density at radius 3 is 1.79 bits per heavy atom. The molecule has 0 unspecified atom stereocenters. The lowest BCUT2D eigenvalue weighted by molar-refractivity contribution is -0.917. The molecule has 152 valence electrons. The van der Waals surface area contributed by atoms with E-state index in [1.807, 2.05) is 74.5 Å². The normalized spacial score (nSPS) is 11.0. The fourth-order valence-electron chi connectivity index (χ4n) is 3.35. The summed E-state index contributed by atoms with van der Waals surface area (Å²) in [6.45, 7) is 6.64. The van der Waals surface area contributed by atoms with Crippen LogP contribution >= 0.6 is 0 Å². The van der Waals surface area contributed by atoms with Crippen molar-refractivity contribution in [2.24, 2.45) is 5.73 Å². The minimum Gasteiger partial charge on any atom is -1.00 e. The first kappa shape index (κ1) is 23.7. The molecule has 0 aliphatic heterocycles. The van der Waals surface area contributed by atoms with E-state index in [0.717, 1.165) is 24.2 Å². The SMILES string of the molecule is CC[N+](CC)(CCOC(=O)C(c1ccccc1)c1ccccc1)CC(N)=O.[Cl-]. The van der Waals surface area contributed by atoms with E-state index < -0.39 is 5.92 Å². The molecule has 0 aliphatic carbocycles. The largest absolute Gasteiger partial charge is 1.00 e. The van der Waals surface area contributed by atoms with Crippen LogP contribution < -0.4 is 18.1 Å². The zero-order chi connectivity index (χ0) is 19.7. The molecule has 0 saturated heterocycles. The van der Waals surface area contributed by atoms with Crippen LogP contribution in [0.25, 0.3) is 0 Å². The van der Waals surface area contributed by atoms with Crippen LogP contribution in [0.3, 0.4) is 0 Å². The number of hydrogen-bond donors (Lipinski definition) is 1. The van der Waals surface area contributed by atoms with Crippen LogP contribution in [-0.4, -0.2) is 49.1 Å². The molecule has 0 spiro atoms. The molecular weight excluding hydrogens is 376 g/mol. The number of likely N-dealkylation sites (N-methyl/N-ethyl adjacent to an activating group) is 1. The van der Waals surface area contributed by atoms with Crippen molar-refractivity contribution in [3.05, 3.63) is 71.8 Å². The van der Waals surface area contributed by atoms with Crippen molar-refractivity contribution < 1.29 is 31.2 Å². The molecule has 28 heavy (non-hydrogen) atoms. The second-order valence-corrected chi connectivity index (χ2v) is 6.74. The Morgan fingerprint density at radius 2 is 1.39 bits per heavy atom. The second-order valence-electron chi connectivity index (χ2n) is 6.74. The number of hydrogen-bond acceptors (Lipinski definition) is 3. The van der Waals surface area contributed by atoms with E-state index in [1.54, 1.807) is 0 Å². The highest BCUT2D eigenvalue weighted by Crippen LogP contribution is 2.26. The summed E-state index contributed by atoms with van der Waals surface area (Å²) >= 11 is 0. The number of primary amides is 1. The Kier molecular flexibility index (Phi) is 9.69. The molecule has 0 aromatic heterocycles. The predicted octanol–water partition coefficient (Wildman–Crippen LogP) is -0.292. The first-order chi connectivity index (χ1) is 13.0. The van der Waals surface area contributed by atoms with Crippen molar-refractivity contribution >= 4 is 11.9 Å². The molecule has 6 heteroatoms. The van der Waals surface area contributed by atoms with Gasteiger partial charge < -0.3 is 27.4 Å². The van der Waals surface area contributed by atoms with Gasteiger partial charge in [-0.1, -0.05) is 60.7 Å². The van der Waals surface area contributed by atoms with Gasteiger partial charge in [0.1, 0.15) is 19.1 Å². The second kappa shape index (κ2) is 11.5. The third-order valence-corrected chi connectivity index (χ3v) is 5.14. The molecule has 1 amide bonds. The molecule has 2 aromatic rings. The Bertz CT molecular complexity index is 694. The van der Waals surface area contributed by atoms with Gasteiger partial charge >= 0.3 is 5.97 Å². The lowest BCUT2D eigenvalue weighted by Crippen LogP contribution is -3.00. The van der Waals surface area contributed by atoms with Gasteiger partial charge in [-0.15, -0.1) is 0 Å². The van der Waals surface area contributed by atoms with Gasteiger partial charge in [-0.2, -0.15) is 0 Å². The number of benzene rings is 2. The summed E-state index contributed by atoms with van der Waals surface area (Å²) in [5, 5.41) is 0. The van der Waals surface area contributed by atoms with Gasteiger partial charge in [0.15, 0.2) is 6.54 Å². The van der Waals surface area contributed by atoms with Crippen molar-refractivity contribution in [2.45, 2.75) is 19.8 Å². The molecule has 0 aliphatic rings. The van der Waals surface area contributed by atoms with Gasteiger partial charge in [-0.3, -0.25) is 9.59 Å². The molecule has 0 radical (unpaired) electrons. The van der Waals surface area contributed by atoms with Gasteiger partial charge in [-0.25, -0.2) is 0 Å². The molecule has 0 heterocycles. The topological polar surface area (TPSA) is 69.4 Å². The fraction of sp³-hybridized carbons (Fsp3) is 0.364. The fourth-order valence-corrected chi connectivity index (χ4v) is 3.35. The molecule has 2 rings (SSSR count). The van der Waals surface area contributed by atoms with Gasteiger partial charge in [-0.05, 0) is 25.0 Å². The van der Waals surface area contributed by atoms with E-state index >= 15 is 0 Å². The number of nitrogens with zero attached hydrogens (tertiary/aromatic N) is 1. The molecule has 0 saturated carbocycles. The first-order valence-corrected chi connectivity index (χ1v) is 9.41. The number of rotatable bonds is 10. The summed E-state index contributed by atoms with van der Waals surface area (Å²) in [7, 11) is 0. The molecule has 0 fully saturated rings. The van der Waals surface area contributed by atoms with Crippen molar-refractivity contribution in [1.29, 1.82) is 0 Å². The highest BCUT2D eigenvalue weighted by atomic mass is 35.5. The van der Waals surface area contributed by atoms with Gasteiger partial charge in [0, 0.05) is 0 Å². The summed E-state index contributed by atoms with van der Waals surface area (Å²) in [4.78, 5) is 24.3. The molecule has 5 nitrogen and oxygen atoms in total. The Labute approximate surface area is 173 Å². The van der Waals surface area contributed by atoms with E-state index in [1.165, 1.54) is 0 Å². The van der Waals surface area contributed by atoms with Crippen molar-refractivity contribution in [2.75, 3.05) is 32.8 Å². The van der Waals surface area contributed by atoms with Crippen LogP contribution in [0.15, 0.2) is 60.7 Å². The number of amides is 1. The Balaban J connectivity index is 0.00000392. The molecule has 2 N–H and O–H groups in total. The van der Waals surface area contributed by atoms with E-state index in [9.17, 15) is 9.59 Å². The standard InChI is InChI=1S/C22H28N2O3.ClH/c1-3-24(4-2,17-20(23)25)15-16-27-22(26)21(18-11-7-5-8-12-18)19-13-9-6-10-14-19;/h5-14,21H,3-4,15-17H2,1-2H3,(H-,23,25);1H. The van der Waals surface area contributed by atoms with Gasteiger partial charge in [0.2, 0.25) is 0 Å². The third kappa shape index (κ3) is 6.36. The minimum atomic E-state index is -0.464. The number of halogens is 1. The maximum atomic E-state index is 12.9. The summed E-state index contributed by atoms with van der Waals surface area (Å²) in [5.41, 5.74) is 7.20. The van der Waals surface area contributed by atoms with Crippen LogP contribution in [0.2, 0.25) is 0 Å². The molecular formula is C22H29ClN2O3. The summed E-state index contributed by atoms with van der Waals surface area (Å²) in [6.07, 6.45) is 0. The smallest absolute Gasteiger partial charge is 0.318 e. The Hall–Kier alpha value is -2.37. The molecule has 2 aromatic carbocycles. The maximum absolute atomic E-state index is 12.9. The summed E-state index contributed by atoms with van der Waals surface area (Å²) in [6, 6.07) is 19.3. The van der Waals surface area contributed by atoms with Crippen molar-refractivity contribution in [3.63, 3.8) is 0 Å². The van der Waals surface area contributed by atoms with Crippen LogP contribution in [0.4, 0.5) is 0 Å². The predicted molar refractivity (Wildman–Crippen MR) is 106 cm³/mol. The lowest BCUT2D eigenvalue weighted by Gasteiger charge is -2.35. The van der Waals surface area contributed by atoms with Crippen LogP contribution in [0.1, 0.15) is 30.9 Å². The number of quaternary nitrogens is 1. The quantitative estimate of drug-likeness (QED) is 0.437. The highest BCUT2D eigenvalue weighted by molar-refractivity contribution is 5.82. The average Bonchev–Trinajstić information content (AvgIpc) is 2.68. The van der Waals surface area contributed by atoms with Gasteiger partial charge in [0.05, 0.1) is 13.1 Å². The third-order valence-electron chi connectivity index (χ3n) is 5.14. The maximum Gasteiger partial charge on any atom is 0.318 e. The number of carbonyl (C=O) groups is 2. The Morgan fingerprint density at radius 1 is 0.929 bits per heavy atom. The van der Waals surface area contributed by atoms with E-state index in [2.05, 4.69) is 0 Å². The number of ether oxygens (including phenoxy) is 1. The van der Waals surface area contributed by atoms with E-state index in [0.29, 0.717) is 11.0 Å². The van der Waals surface area contributed by atoms with Crippen molar-refractivity contribution in [1.82, 2.24) is 0 Å². The molecule has 0 atom stereocenters. The van der Waals surface area contributed by atoms with Gasteiger partial charge in [0.25, 0.3) is 5.91 Å². The number of carbonyl (C=O) groups excluding carboxylic acids is 2. The minimum absolute atomic E-state index is 0. The van der Waals surface area contributed by atoms with Crippen molar-refractivity contribution in [3.8, 4) is 0 Å². The summed E-state index contributed by atoms with van der Waals surface area (Å²) < 4.78 is 6.16. The van der Waals surface area contributed by atoms with E-state index in [-0.39, 0.29) is 37.4 Å². The van der Waals surface area contributed by atoms with E-state index in [4.69, 9.17) is 10.5 Å². The van der Waals surface area contributed by atoms with Crippen LogP contribution in [0, 0.1) is 0 Å². The number of nitrogens with two attached hydrogens (primary N) is 1. The zero-order valence-corrected chi connectivity index (χ0v) is 17.3. The highest BCUT2D eigenvalue weighted by Gasteiger charge is 2.28.